The number of amides is 1. The van der Waals surface area contributed by atoms with Crippen molar-refractivity contribution in [1.82, 2.24) is 24.9 Å². The van der Waals surface area contributed by atoms with E-state index < -0.39 is 17.3 Å². The van der Waals surface area contributed by atoms with Crippen molar-refractivity contribution in [2.75, 3.05) is 32.1 Å². The van der Waals surface area contributed by atoms with Crippen molar-refractivity contribution >= 4 is 28.6 Å². The normalized spacial score (nSPS) is 16.4. The van der Waals surface area contributed by atoms with Crippen LogP contribution in [0.2, 0.25) is 0 Å². The molecule has 2 aromatic carbocycles. The molecule has 11 heteroatoms. The van der Waals surface area contributed by atoms with Crippen molar-refractivity contribution in [1.29, 1.82) is 0 Å². The molecule has 0 radical (unpaired) electrons. The molecular weight excluding hydrogens is 542 g/mol. The molecule has 1 aliphatic heterocycles. The van der Waals surface area contributed by atoms with Gasteiger partial charge in [-0.3, -0.25) is 19.3 Å². The van der Waals surface area contributed by atoms with E-state index in [9.17, 15) is 18.4 Å². The van der Waals surface area contributed by atoms with Gasteiger partial charge < -0.3 is 9.88 Å². The Morgan fingerprint density at radius 1 is 1.10 bits per heavy atom. The van der Waals surface area contributed by atoms with E-state index in [1.165, 1.54) is 30.6 Å². The number of fused-ring (bicyclic) bond motifs is 2. The Labute approximate surface area is 241 Å². The minimum Gasteiger partial charge on any atom is -0.324 e. The number of aromatic nitrogens is 3. The topological polar surface area (TPSA) is 101 Å². The monoisotopic (exact) mass is 574 g/mol. The zero-order valence-corrected chi connectivity index (χ0v) is 23.3. The van der Waals surface area contributed by atoms with Gasteiger partial charge in [0.25, 0.3) is 11.8 Å². The molecule has 0 saturated carbocycles. The number of hydrogen-bond donors (Lipinski definition) is 2. The second kappa shape index (κ2) is 11.6. The van der Waals surface area contributed by atoms with Crippen molar-refractivity contribution in [3.8, 4) is 5.69 Å². The van der Waals surface area contributed by atoms with Gasteiger partial charge >= 0.3 is 0 Å². The third-order valence-electron chi connectivity index (χ3n) is 7.94. The number of aryl methyl sites for hydroxylation is 2. The summed E-state index contributed by atoms with van der Waals surface area (Å²) in [6, 6.07) is 13.8. The van der Waals surface area contributed by atoms with E-state index >= 15 is 0 Å². The number of hydrogen-bond acceptors (Lipinski definition) is 7. The van der Waals surface area contributed by atoms with Crippen molar-refractivity contribution in [3.05, 3.63) is 87.3 Å². The van der Waals surface area contributed by atoms with Crippen molar-refractivity contribution < 1.29 is 18.4 Å². The Kier molecular flexibility index (Phi) is 7.70. The molecule has 0 atom stereocenters. The lowest BCUT2D eigenvalue weighted by atomic mass is 10.1. The molecule has 4 aromatic rings. The second-order valence-corrected chi connectivity index (χ2v) is 10.9. The Balaban J connectivity index is 1.27. The first-order valence-electron chi connectivity index (χ1n) is 14.1. The molecule has 0 unspecified atom stereocenters. The number of nitrogens with one attached hydrogen (secondary N) is 2. The van der Waals surface area contributed by atoms with Crippen LogP contribution in [-0.4, -0.2) is 58.0 Å². The smallest absolute Gasteiger partial charge is 0.280 e. The summed E-state index contributed by atoms with van der Waals surface area (Å²) in [7, 11) is 1.31. The van der Waals surface area contributed by atoms with Crippen LogP contribution in [0.25, 0.3) is 16.7 Å². The maximum atomic E-state index is 13.7. The molecule has 1 amide bonds. The maximum Gasteiger partial charge on any atom is 0.280 e. The maximum absolute atomic E-state index is 13.7. The highest BCUT2D eigenvalue weighted by molar-refractivity contribution is 5.96. The second-order valence-electron chi connectivity index (χ2n) is 10.9. The Morgan fingerprint density at radius 3 is 2.69 bits per heavy atom. The lowest BCUT2D eigenvalue weighted by Crippen LogP contribution is -2.43. The van der Waals surface area contributed by atoms with Gasteiger partial charge in [-0.25, -0.2) is 19.2 Å². The summed E-state index contributed by atoms with van der Waals surface area (Å²) in [4.78, 5) is 41.5. The summed E-state index contributed by atoms with van der Waals surface area (Å²) < 4.78 is 29.2. The number of piperidine rings is 1. The highest BCUT2D eigenvalue weighted by Gasteiger charge is 2.34. The van der Waals surface area contributed by atoms with Gasteiger partial charge in [0.15, 0.2) is 5.65 Å². The van der Waals surface area contributed by atoms with Crippen LogP contribution in [0.3, 0.4) is 0 Å². The number of halogens is 2. The highest BCUT2D eigenvalue weighted by Crippen LogP contribution is 2.28. The SMILES string of the molecule is CONC(=O)c1cn(-c2ccc3c(c2)CCC3)c2nc(Nc3ccc(CCN4CCCC(F)(F)C4)cc3)ncc2c1=O. The summed E-state index contributed by atoms with van der Waals surface area (Å²) in [6.45, 7) is 1.10. The lowest BCUT2D eigenvalue weighted by molar-refractivity contribution is -0.0635. The average Bonchev–Trinajstić information content (AvgIpc) is 3.45. The average molecular weight is 575 g/mol. The van der Waals surface area contributed by atoms with E-state index in [4.69, 9.17) is 4.84 Å². The van der Waals surface area contributed by atoms with E-state index in [0.29, 0.717) is 31.6 Å². The molecule has 1 aliphatic carbocycles. The molecule has 9 nitrogen and oxygen atoms in total. The molecule has 218 valence electrons. The molecular formula is C31H32F2N6O3. The molecule has 1 saturated heterocycles. The zero-order valence-electron chi connectivity index (χ0n) is 23.3. The fraction of sp³-hybridized carbons (Fsp3) is 0.355. The fourth-order valence-electron chi connectivity index (χ4n) is 5.79. The molecule has 0 bridgehead atoms. The van der Waals surface area contributed by atoms with E-state index in [0.717, 1.165) is 36.2 Å². The standard InChI is InChI=1S/C31H32F2N6O3/c1-42-37-29(41)26-18-39(24-11-8-21-4-2-5-22(21)16-24)28-25(27(26)40)17-34-30(36-28)35-23-9-6-20(7-10-23)12-15-38-14-3-13-31(32,33)19-38/h6-11,16-18H,2-5,12-15,19H2,1H3,(H,37,41)(H,34,35,36). The zero-order chi connectivity index (χ0) is 29.3. The highest BCUT2D eigenvalue weighted by atomic mass is 19.3. The van der Waals surface area contributed by atoms with Crippen LogP contribution in [0.5, 0.6) is 0 Å². The third-order valence-corrected chi connectivity index (χ3v) is 7.94. The number of benzene rings is 2. The summed E-state index contributed by atoms with van der Waals surface area (Å²) in [6.07, 6.45) is 7.16. The van der Waals surface area contributed by atoms with Gasteiger partial charge in [-0.15, -0.1) is 0 Å². The Morgan fingerprint density at radius 2 is 1.90 bits per heavy atom. The van der Waals surface area contributed by atoms with Crippen molar-refractivity contribution in [3.63, 3.8) is 0 Å². The van der Waals surface area contributed by atoms with Gasteiger partial charge in [0, 0.05) is 36.7 Å². The van der Waals surface area contributed by atoms with Crippen molar-refractivity contribution in [2.24, 2.45) is 0 Å². The number of rotatable bonds is 8. The van der Waals surface area contributed by atoms with Gasteiger partial charge in [-0.1, -0.05) is 18.2 Å². The molecule has 2 N–H and O–H groups in total. The summed E-state index contributed by atoms with van der Waals surface area (Å²) in [5.41, 5.74) is 7.11. The number of hydroxylamine groups is 1. The molecule has 3 heterocycles. The van der Waals surface area contributed by atoms with Crippen LogP contribution in [0.15, 0.2) is 59.7 Å². The first-order valence-corrected chi connectivity index (χ1v) is 14.1. The van der Waals surface area contributed by atoms with Gasteiger partial charge in [0.1, 0.15) is 5.56 Å². The lowest BCUT2D eigenvalue weighted by Gasteiger charge is -2.32. The summed E-state index contributed by atoms with van der Waals surface area (Å²) in [5.74, 6) is -2.97. The molecule has 0 spiro atoms. The summed E-state index contributed by atoms with van der Waals surface area (Å²) in [5, 5.41) is 3.39. The minimum atomic E-state index is -2.60. The number of carbonyl (C=O) groups excluding carboxylic acids is 1. The minimum absolute atomic E-state index is 0.0333. The van der Waals surface area contributed by atoms with Gasteiger partial charge in [-0.05, 0) is 79.6 Å². The van der Waals surface area contributed by atoms with E-state index in [-0.39, 0.29) is 29.9 Å². The number of alkyl halides is 2. The first kappa shape index (κ1) is 27.9. The number of carbonyl (C=O) groups is 1. The first-order chi connectivity index (χ1) is 20.3. The van der Waals surface area contributed by atoms with Crippen LogP contribution in [0.1, 0.15) is 46.3 Å². The number of anilines is 2. The van der Waals surface area contributed by atoms with Crippen LogP contribution >= 0.6 is 0 Å². The molecule has 6 rings (SSSR count). The Hall–Kier alpha value is -4.22. The molecule has 42 heavy (non-hydrogen) atoms. The van der Waals surface area contributed by atoms with Gasteiger partial charge in [-0.2, -0.15) is 4.98 Å². The van der Waals surface area contributed by atoms with E-state index in [2.05, 4.69) is 32.9 Å². The predicted octanol–water partition coefficient (Wildman–Crippen LogP) is 4.58. The van der Waals surface area contributed by atoms with Crippen LogP contribution in [0.4, 0.5) is 20.4 Å². The molecule has 2 aromatic heterocycles. The van der Waals surface area contributed by atoms with Gasteiger partial charge in [0.2, 0.25) is 11.4 Å². The molecule has 2 aliphatic rings. The van der Waals surface area contributed by atoms with E-state index in [1.54, 1.807) is 4.57 Å². The van der Waals surface area contributed by atoms with E-state index in [1.807, 2.05) is 35.2 Å². The Bertz CT molecular complexity index is 1690. The van der Waals surface area contributed by atoms with Crippen LogP contribution < -0.4 is 16.2 Å². The van der Waals surface area contributed by atoms with Crippen molar-refractivity contribution in [2.45, 2.75) is 44.4 Å². The van der Waals surface area contributed by atoms with Gasteiger partial charge in [0.05, 0.1) is 19.0 Å². The summed E-state index contributed by atoms with van der Waals surface area (Å²) >= 11 is 0. The van der Waals surface area contributed by atoms with Crippen LogP contribution in [-0.2, 0) is 24.1 Å². The third kappa shape index (κ3) is 5.88. The largest absolute Gasteiger partial charge is 0.324 e. The molecule has 1 fully saturated rings. The fourth-order valence-corrected chi connectivity index (χ4v) is 5.79. The van der Waals surface area contributed by atoms with Crippen LogP contribution in [0, 0.1) is 0 Å². The number of likely N-dealkylation sites (tertiary alicyclic amines) is 1. The quantitative estimate of drug-likeness (QED) is 0.297. The number of pyridine rings is 1. The number of nitrogens with zero attached hydrogens (tertiary/aromatic N) is 4. The predicted molar refractivity (Wildman–Crippen MR) is 156 cm³/mol.